The number of nitrogens with zero attached hydrogens (tertiary/aromatic N) is 1. The summed E-state index contributed by atoms with van der Waals surface area (Å²) in [4.78, 5) is 13.9. The van der Waals surface area contributed by atoms with E-state index in [1.165, 1.54) is 32.1 Å². The molecule has 0 spiro atoms. The van der Waals surface area contributed by atoms with E-state index in [-0.39, 0.29) is 11.9 Å². The molecule has 1 aliphatic rings. The zero-order valence-electron chi connectivity index (χ0n) is 11.6. The van der Waals surface area contributed by atoms with Crippen molar-refractivity contribution in [2.75, 3.05) is 13.6 Å². The van der Waals surface area contributed by atoms with Crippen molar-refractivity contribution in [1.82, 2.24) is 4.90 Å². The average molecular weight is 240 g/mol. The highest BCUT2D eigenvalue weighted by Crippen LogP contribution is 2.24. The molecule has 0 aliphatic heterocycles. The molecular weight excluding hydrogens is 212 g/mol. The Balaban J connectivity index is 2.34. The van der Waals surface area contributed by atoms with Gasteiger partial charge in [0.1, 0.15) is 0 Å². The summed E-state index contributed by atoms with van der Waals surface area (Å²) in [6.45, 7) is 5.10. The third kappa shape index (κ3) is 5.07. The fourth-order valence-corrected chi connectivity index (χ4v) is 2.74. The van der Waals surface area contributed by atoms with Gasteiger partial charge in [0, 0.05) is 13.6 Å². The van der Waals surface area contributed by atoms with E-state index in [1.807, 2.05) is 11.9 Å². The standard InChI is InChI=1S/C14H28N2O/c1-11(2)9-13(15)14(17)16(3)10-12-7-5-4-6-8-12/h11-13H,4-10,15H2,1-3H3. The third-order valence-electron chi connectivity index (χ3n) is 3.68. The largest absolute Gasteiger partial charge is 0.344 e. The first-order valence-electron chi connectivity index (χ1n) is 7.01. The predicted molar refractivity (Wildman–Crippen MR) is 71.6 cm³/mol. The number of carbonyl (C=O) groups is 1. The lowest BCUT2D eigenvalue weighted by atomic mass is 9.89. The molecule has 100 valence electrons. The van der Waals surface area contributed by atoms with Gasteiger partial charge in [-0.05, 0) is 31.1 Å². The molecule has 3 heteroatoms. The summed E-state index contributed by atoms with van der Waals surface area (Å²) >= 11 is 0. The van der Waals surface area contributed by atoms with Gasteiger partial charge in [-0.15, -0.1) is 0 Å². The molecule has 1 fully saturated rings. The second-order valence-electron chi connectivity index (χ2n) is 5.96. The zero-order valence-corrected chi connectivity index (χ0v) is 11.6. The van der Waals surface area contributed by atoms with E-state index in [1.54, 1.807) is 0 Å². The van der Waals surface area contributed by atoms with E-state index < -0.39 is 0 Å². The van der Waals surface area contributed by atoms with Crippen LogP contribution in [0.5, 0.6) is 0 Å². The van der Waals surface area contributed by atoms with E-state index >= 15 is 0 Å². The van der Waals surface area contributed by atoms with Gasteiger partial charge in [0.2, 0.25) is 5.91 Å². The second kappa shape index (κ2) is 7.00. The average Bonchev–Trinajstić information content (AvgIpc) is 2.28. The van der Waals surface area contributed by atoms with Crippen molar-refractivity contribution in [2.45, 2.75) is 58.4 Å². The molecule has 0 aromatic carbocycles. The Morgan fingerprint density at radius 3 is 2.41 bits per heavy atom. The second-order valence-corrected chi connectivity index (χ2v) is 5.96. The molecule has 1 aliphatic carbocycles. The van der Waals surface area contributed by atoms with E-state index in [0.29, 0.717) is 11.8 Å². The van der Waals surface area contributed by atoms with Crippen LogP contribution in [0.4, 0.5) is 0 Å². The number of rotatable bonds is 5. The SMILES string of the molecule is CC(C)CC(N)C(=O)N(C)CC1CCCCC1. The fraction of sp³-hybridized carbons (Fsp3) is 0.929. The van der Waals surface area contributed by atoms with Gasteiger partial charge in [0.25, 0.3) is 0 Å². The molecule has 0 heterocycles. The van der Waals surface area contributed by atoms with Crippen molar-refractivity contribution < 1.29 is 4.79 Å². The highest BCUT2D eigenvalue weighted by molar-refractivity contribution is 5.81. The van der Waals surface area contributed by atoms with Gasteiger partial charge in [0.05, 0.1) is 6.04 Å². The summed E-state index contributed by atoms with van der Waals surface area (Å²) in [5.41, 5.74) is 5.93. The molecule has 1 rings (SSSR count). The maximum Gasteiger partial charge on any atom is 0.239 e. The maximum atomic E-state index is 12.1. The number of amides is 1. The van der Waals surface area contributed by atoms with Crippen LogP contribution in [-0.2, 0) is 4.79 Å². The summed E-state index contributed by atoms with van der Waals surface area (Å²) in [6.07, 6.45) is 7.35. The Kier molecular flexibility index (Phi) is 5.96. The van der Waals surface area contributed by atoms with Gasteiger partial charge >= 0.3 is 0 Å². The van der Waals surface area contributed by atoms with Gasteiger partial charge in [-0.25, -0.2) is 0 Å². The maximum absolute atomic E-state index is 12.1. The van der Waals surface area contributed by atoms with Crippen LogP contribution in [0, 0.1) is 11.8 Å². The van der Waals surface area contributed by atoms with E-state index in [0.717, 1.165) is 13.0 Å². The molecule has 0 bridgehead atoms. The van der Waals surface area contributed by atoms with Gasteiger partial charge < -0.3 is 10.6 Å². The van der Waals surface area contributed by atoms with Crippen LogP contribution in [0.25, 0.3) is 0 Å². The normalized spacial score (nSPS) is 19.4. The van der Waals surface area contributed by atoms with Gasteiger partial charge in [0.15, 0.2) is 0 Å². The third-order valence-corrected chi connectivity index (χ3v) is 3.68. The number of nitrogens with two attached hydrogens (primary N) is 1. The molecule has 0 radical (unpaired) electrons. The van der Waals surface area contributed by atoms with Crippen LogP contribution in [0.1, 0.15) is 52.4 Å². The minimum Gasteiger partial charge on any atom is -0.344 e. The van der Waals surface area contributed by atoms with Gasteiger partial charge in [-0.2, -0.15) is 0 Å². The van der Waals surface area contributed by atoms with Crippen LogP contribution < -0.4 is 5.73 Å². The molecule has 0 saturated heterocycles. The lowest BCUT2D eigenvalue weighted by molar-refractivity contribution is -0.132. The summed E-state index contributed by atoms with van der Waals surface area (Å²) in [5, 5.41) is 0. The molecule has 1 unspecified atom stereocenters. The first-order chi connectivity index (χ1) is 8.00. The van der Waals surface area contributed by atoms with E-state index in [9.17, 15) is 4.79 Å². The van der Waals surface area contributed by atoms with E-state index in [2.05, 4.69) is 13.8 Å². The Morgan fingerprint density at radius 2 is 1.88 bits per heavy atom. The Hall–Kier alpha value is -0.570. The van der Waals surface area contributed by atoms with Crippen molar-refractivity contribution in [3.63, 3.8) is 0 Å². The lowest BCUT2D eigenvalue weighted by Gasteiger charge is -2.29. The van der Waals surface area contributed by atoms with Gasteiger partial charge in [-0.3, -0.25) is 4.79 Å². The van der Waals surface area contributed by atoms with Crippen molar-refractivity contribution in [2.24, 2.45) is 17.6 Å². The zero-order chi connectivity index (χ0) is 12.8. The van der Waals surface area contributed by atoms with Crippen LogP contribution >= 0.6 is 0 Å². The first-order valence-corrected chi connectivity index (χ1v) is 7.01. The first kappa shape index (κ1) is 14.5. The smallest absolute Gasteiger partial charge is 0.239 e. The number of hydrogen-bond donors (Lipinski definition) is 1. The van der Waals surface area contributed by atoms with Crippen LogP contribution in [-0.4, -0.2) is 30.4 Å². The molecular formula is C14H28N2O. The van der Waals surface area contributed by atoms with Crippen molar-refractivity contribution in [3.8, 4) is 0 Å². The molecule has 0 aromatic rings. The molecule has 3 nitrogen and oxygen atoms in total. The van der Waals surface area contributed by atoms with E-state index in [4.69, 9.17) is 5.73 Å². The Morgan fingerprint density at radius 1 is 1.29 bits per heavy atom. The van der Waals surface area contributed by atoms with Crippen LogP contribution in [0.2, 0.25) is 0 Å². The number of hydrogen-bond acceptors (Lipinski definition) is 2. The van der Waals surface area contributed by atoms with Crippen molar-refractivity contribution in [1.29, 1.82) is 0 Å². The highest BCUT2D eigenvalue weighted by atomic mass is 16.2. The van der Waals surface area contributed by atoms with Crippen LogP contribution in [0.3, 0.4) is 0 Å². The minimum atomic E-state index is -0.316. The molecule has 17 heavy (non-hydrogen) atoms. The lowest BCUT2D eigenvalue weighted by Crippen LogP contribution is -2.44. The fourth-order valence-electron chi connectivity index (χ4n) is 2.74. The number of carbonyl (C=O) groups excluding carboxylic acids is 1. The van der Waals surface area contributed by atoms with Crippen molar-refractivity contribution >= 4 is 5.91 Å². The predicted octanol–water partition coefficient (Wildman–Crippen LogP) is 2.40. The Labute approximate surface area is 106 Å². The molecule has 1 saturated carbocycles. The van der Waals surface area contributed by atoms with Crippen molar-refractivity contribution in [3.05, 3.63) is 0 Å². The summed E-state index contributed by atoms with van der Waals surface area (Å²) in [5.74, 6) is 1.30. The molecule has 2 N–H and O–H groups in total. The molecule has 0 aromatic heterocycles. The quantitative estimate of drug-likeness (QED) is 0.802. The molecule has 1 atom stereocenters. The highest BCUT2D eigenvalue weighted by Gasteiger charge is 2.22. The van der Waals surface area contributed by atoms with Gasteiger partial charge in [-0.1, -0.05) is 33.1 Å². The topological polar surface area (TPSA) is 46.3 Å². The minimum absolute atomic E-state index is 0.115. The number of likely N-dealkylation sites (N-methyl/N-ethyl adjacent to an activating group) is 1. The summed E-state index contributed by atoms with van der Waals surface area (Å²) < 4.78 is 0. The molecule has 1 amide bonds. The summed E-state index contributed by atoms with van der Waals surface area (Å²) in [7, 11) is 1.90. The van der Waals surface area contributed by atoms with Crippen LogP contribution in [0.15, 0.2) is 0 Å². The summed E-state index contributed by atoms with van der Waals surface area (Å²) in [6, 6.07) is -0.316. The monoisotopic (exact) mass is 240 g/mol. The Bertz CT molecular complexity index is 234.